The number of rotatable bonds is 9. The molecule has 1 atom stereocenters. The van der Waals surface area contributed by atoms with Crippen molar-refractivity contribution in [1.82, 2.24) is 10.2 Å². The third-order valence-corrected chi connectivity index (χ3v) is 8.26. The predicted molar refractivity (Wildman–Crippen MR) is 146 cm³/mol. The number of hydrogen-bond acceptors (Lipinski definition) is 4. The van der Waals surface area contributed by atoms with Crippen LogP contribution in [0.2, 0.25) is 0 Å². The summed E-state index contributed by atoms with van der Waals surface area (Å²) >= 11 is 5.58. The van der Waals surface area contributed by atoms with Crippen molar-refractivity contribution in [2.45, 2.75) is 51.2 Å². The highest BCUT2D eigenvalue weighted by Crippen LogP contribution is 2.22. The van der Waals surface area contributed by atoms with Crippen LogP contribution in [0.5, 0.6) is 0 Å². The van der Waals surface area contributed by atoms with Gasteiger partial charge < -0.3 is 10.2 Å². The van der Waals surface area contributed by atoms with Crippen molar-refractivity contribution >= 4 is 66.0 Å². The molecule has 2 aromatic carbocycles. The first kappa shape index (κ1) is 26.9. The minimum atomic E-state index is -3.73. The zero-order valence-corrected chi connectivity index (χ0v) is 23.8. The van der Waals surface area contributed by atoms with Gasteiger partial charge in [0.05, 0.1) is 11.9 Å². The first-order valence-electron chi connectivity index (χ1n) is 11.1. The Labute approximate surface area is 223 Å². The van der Waals surface area contributed by atoms with Crippen molar-refractivity contribution in [2.24, 2.45) is 0 Å². The van der Waals surface area contributed by atoms with Gasteiger partial charge in [0.2, 0.25) is 21.8 Å². The highest BCUT2D eigenvalue weighted by molar-refractivity contribution is 14.1. The Morgan fingerprint density at radius 1 is 1.15 bits per heavy atom. The minimum absolute atomic E-state index is 0.122. The maximum Gasteiger partial charge on any atom is 0.244 e. The van der Waals surface area contributed by atoms with Crippen LogP contribution >= 0.6 is 38.5 Å². The average Bonchev–Trinajstić information content (AvgIpc) is 3.28. The molecule has 0 radical (unpaired) electrons. The third kappa shape index (κ3) is 7.42. The van der Waals surface area contributed by atoms with Crippen LogP contribution < -0.4 is 9.62 Å². The molecule has 1 N–H and O–H groups in total. The summed E-state index contributed by atoms with van der Waals surface area (Å²) in [5.74, 6) is -0.673. The van der Waals surface area contributed by atoms with Gasteiger partial charge >= 0.3 is 0 Å². The van der Waals surface area contributed by atoms with E-state index in [4.69, 9.17) is 0 Å². The average molecular weight is 662 g/mol. The van der Waals surface area contributed by atoms with Gasteiger partial charge in [-0.2, -0.15) is 0 Å². The number of anilines is 1. The van der Waals surface area contributed by atoms with Gasteiger partial charge in [-0.15, -0.1) is 0 Å². The Morgan fingerprint density at radius 2 is 1.79 bits per heavy atom. The molecule has 34 heavy (non-hydrogen) atoms. The summed E-state index contributed by atoms with van der Waals surface area (Å²) in [6, 6.07) is 13.8. The lowest BCUT2D eigenvalue weighted by atomic mass is 10.1. The minimum Gasteiger partial charge on any atom is -0.352 e. The molecule has 2 aromatic rings. The topological polar surface area (TPSA) is 86.8 Å². The van der Waals surface area contributed by atoms with E-state index in [2.05, 4.69) is 43.8 Å². The van der Waals surface area contributed by atoms with Crippen LogP contribution in [-0.2, 0) is 26.2 Å². The number of benzene rings is 2. The molecule has 10 heteroatoms. The molecule has 0 heterocycles. The normalized spacial score (nSPS) is 15.1. The molecule has 0 spiro atoms. The summed E-state index contributed by atoms with van der Waals surface area (Å²) < 4.78 is 28.1. The SMILES string of the molecule is C[C@@H](C(=O)NC1CCCC1)N(Cc1cccc(Br)c1)C(=O)CN(c1ccc(I)cc1)S(C)(=O)=O. The van der Waals surface area contributed by atoms with Gasteiger partial charge in [0.25, 0.3) is 0 Å². The van der Waals surface area contributed by atoms with Crippen LogP contribution in [0.15, 0.2) is 53.0 Å². The molecular formula is C24H29BrIN3O4S. The number of halogens is 2. The van der Waals surface area contributed by atoms with Crippen LogP contribution in [0.3, 0.4) is 0 Å². The summed E-state index contributed by atoms with van der Waals surface area (Å²) in [5.41, 5.74) is 1.24. The van der Waals surface area contributed by atoms with Gasteiger partial charge in [-0.1, -0.05) is 40.9 Å². The second-order valence-corrected chi connectivity index (χ2v) is 12.6. The lowest BCUT2D eigenvalue weighted by Crippen LogP contribution is -2.52. The number of hydrogen-bond donors (Lipinski definition) is 1. The van der Waals surface area contributed by atoms with E-state index in [0.717, 1.165) is 49.9 Å². The molecule has 2 amide bonds. The summed E-state index contributed by atoms with van der Waals surface area (Å²) in [7, 11) is -3.73. The Kier molecular flexibility index (Phi) is 9.39. The zero-order valence-electron chi connectivity index (χ0n) is 19.2. The lowest BCUT2D eigenvalue weighted by Gasteiger charge is -2.32. The number of carbonyl (C=O) groups is 2. The van der Waals surface area contributed by atoms with Gasteiger partial charge in [-0.3, -0.25) is 13.9 Å². The Balaban J connectivity index is 1.87. The van der Waals surface area contributed by atoms with E-state index < -0.39 is 28.5 Å². The van der Waals surface area contributed by atoms with E-state index in [1.165, 1.54) is 4.90 Å². The molecule has 7 nitrogen and oxygen atoms in total. The second kappa shape index (κ2) is 11.9. The fraction of sp³-hybridized carbons (Fsp3) is 0.417. The highest BCUT2D eigenvalue weighted by Gasteiger charge is 2.31. The molecule has 0 bridgehead atoms. The van der Waals surface area contributed by atoms with Crippen LogP contribution in [0.25, 0.3) is 0 Å². The number of nitrogens with one attached hydrogen (secondary N) is 1. The molecule has 0 unspecified atom stereocenters. The van der Waals surface area contributed by atoms with Crippen LogP contribution in [0.1, 0.15) is 38.2 Å². The Hall–Kier alpha value is -1.66. The fourth-order valence-electron chi connectivity index (χ4n) is 4.03. The third-order valence-electron chi connectivity index (χ3n) is 5.90. The summed E-state index contributed by atoms with van der Waals surface area (Å²) in [6.45, 7) is 1.48. The van der Waals surface area contributed by atoms with E-state index in [1.807, 2.05) is 24.3 Å². The van der Waals surface area contributed by atoms with Gasteiger partial charge in [-0.05, 0) is 84.3 Å². The van der Waals surface area contributed by atoms with Crippen molar-refractivity contribution in [2.75, 3.05) is 17.1 Å². The maximum absolute atomic E-state index is 13.5. The maximum atomic E-state index is 13.5. The molecule has 1 aliphatic carbocycles. The van der Waals surface area contributed by atoms with Crippen molar-refractivity contribution in [3.8, 4) is 0 Å². The quantitative estimate of drug-likeness (QED) is 0.406. The molecule has 184 valence electrons. The lowest BCUT2D eigenvalue weighted by molar-refractivity contribution is -0.139. The van der Waals surface area contributed by atoms with Crippen molar-refractivity contribution in [3.63, 3.8) is 0 Å². The van der Waals surface area contributed by atoms with E-state index in [-0.39, 0.29) is 18.5 Å². The molecule has 0 aromatic heterocycles. The fourth-order valence-corrected chi connectivity index (χ4v) is 5.68. The van der Waals surface area contributed by atoms with Crippen LogP contribution in [-0.4, -0.2) is 50.0 Å². The van der Waals surface area contributed by atoms with Gasteiger partial charge in [0.15, 0.2) is 0 Å². The number of carbonyl (C=O) groups excluding carboxylic acids is 2. The van der Waals surface area contributed by atoms with E-state index in [1.54, 1.807) is 31.2 Å². The molecule has 1 saturated carbocycles. The standard InChI is InChI=1S/C24H29BrIN3O4S/c1-17(24(31)27-21-8-3-4-9-21)28(15-18-6-5-7-19(25)14-18)23(30)16-29(34(2,32)33)22-12-10-20(26)11-13-22/h5-7,10-14,17,21H,3-4,8-9,15-16H2,1-2H3,(H,27,31)/t17-/m0/s1. The molecule has 0 saturated heterocycles. The highest BCUT2D eigenvalue weighted by atomic mass is 127. The van der Waals surface area contributed by atoms with Gasteiger partial charge in [-0.25, -0.2) is 8.42 Å². The predicted octanol–water partition coefficient (Wildman–Crippen LogP) is 4.30. The van der Waals surface area contributed by atoms with Crippen molar-refractivity contribution < 1.29 is 18.0 Å². The molecule has 0 aliphatic heterocycles. The van der Waals surface area contributed by atoms with E-state index in [0.29, 0.717) is 5.69 Å². The van der Waals surface area contributed by atoms with Crippen molar-refractivity contribution in [1.29, 1.82) is 0 Å². The van der Waals surface area contributed by atoms with Crippen LogP contribution in [0, 0.1) is 3.57 Å². The number of nitrogens with zero attached hydrogens (tertiary/aromatic N) is 2. The monoisotopic (exact) mass is 661 g/mol. The van der Waals surface area contributed by atoms with Gasteiger partial charge in [0, 0.05) is 20.6 Å². The summed E-state index contributed by atoms with van der Waals surface area (Å²) in [4.78, 5) is 28.0. The van der Waals surface area contributed by atoms with Crippen molar-refractivity contribution in [3.05, 3.63) is 62.1 Å². The first-order chi connectivity index (χ1) is 16.0. The molecular weight excluding hydrogens is 633 g/mol. The molecule has 1 aliphatic rings. The number of amides is 2. The zero-order chi connectivity index (χ0) is 24.9. The Bertz CT molecular complexity index is 1120. The molecule has 3 rings (SSSR count). The van der Waals surface area contributed by atoms with Gasteiger partial charge in [0.1, 0.15) is 12.6 Å². The smallest absolute Gasteiger partial charge is 0.244 e. The Morgan fingerprint density at radius 3 is 2.38 bits per heavy atom. The second-order valence-electron chi connectivity index (χ2n) is 8.56. The largest absolute Gasteiger partial charge is 0.352 e. The molecule has 1 fully saturated rings. The summed E-state index contributed by atoms with van der Waals surface area (Å²) in [6.07, 6.45) is 5.12. The van der Waals surface area contributed by atoms with E-state index in [9.17, 15) is 18.0 Å². The number of sulfonamides is 1. The van der Waals surface area contributed by atoms with E-state index >= 15 is 0 Å². The van der Waals surface area contributed by atoms with Crippen LogP contribution in [0.4, 0.5) is 5.69 Å². The summed E-state index contributed by atoms with van der Waals surface area (Å²) in [5, 5.41) is 3.06. The first-order valence-corrected chi connectivity index (χ1v) is 14.8.